The zero-order chi connectivity index (χ0) is 18.2. The van der Waals surface area contributed by atoms with E-state index in [1.165, 1.54) is 36.8 Å². The van der Waals surface area contributed by atoms with Crippen LogP contribution >= 0.6 is 0 Å². The fourth-order valence-electron chi connectivity index (χ4n) is 3.94. The van der Waals surface area contributed by atoms with E-state index in [4.69, 9.17) is 10.5 Å². The van der Waals surface area contributed by atoms with Crippen LogP contribution in [0.5, 0.6) is 5.75 Å². The second kappa shape index (κ2) is 9.70. The van der Waals surface area contributed by atoms with E-state index in [-0.39, 0.29) is 0 Å². The number of nitrogens with two attached hydrogens (primary N) is 1. The standard InChI is InChI=1S/C22H31N3O/c1-26-22-8-6-20(7-9-22)16-25(17-21-10-12-24-13-11-21)15-19-4-2-18(14-23)3-5-19/h6-13,18-19H,2-5,14-17,23H2,1H3. The van der Waals surface area contributed by atoms with Gasteiger partial charge in [-0.15, -0.1) is 0 Å². The number of ether oxygens (including phenoxy) is 1. The van der Waals surface area contributed by atoms with Crippen LogP contribution in [0.2, 0.25) is 0 Å². The molecule has 1 aromatic heterocycles. The Morgan fingerprint density at radius 1 is 0.923 bits per heavy atom. The summed E-state index contributed by atoms with van der Waals surface area (Å²) in [7, 11) is 1.71. The molecule has 26 heavy (non-hydrogen) atoms. The molecule has 0 spiro atoms. The first kappa shape index (κ1) is 18.9. The third-order valence-electron chi connectivity index (χ3n) is 5.54. The van der Waals surface area contributed by atoms with Crippen LogP contribution in [0.25, 0.3) is 0 Å². The summed E-state index contributed by atoms with van der Waals surface area (Å²) in [6, 6.07) is 12.7. The minimum Gasteiger partial charge on any atom is -0.497 e. The number of pyridine rings is 1. The monoisotopic (exact) mass is 353 g/mol. The van der Waals surface area contributed by atoms with Crippen LogP contribution in [0.4, 0.5) is 0 Å². The zero-order valence-electron chi connectivity index (χ0n) is 15.8. The minimum atomic E-state index is 0.737. The van der Waals surface area contributed by atoms with E-state index in [1.807, 2.05) is 24.5 Å². The lowest BCUT2D eigenvalue weighted by atomic mass is 9.82. The van der Waals surface area contributed by atoms with E-state index < -0.39 is 0 Å². The van der Waals surface area contributed by atoms with Gasteiger partial charge in [0.15, 0.2) is 0 Å². The van der Waals surface area contributed by atoms with Crippen molar-refractivity contribution in [2.24, 2.45) is 17.6 Å². The Morgan fingerprint density at radius 3 is 2.08 bits per heavy atom. The molecular formula is C22H31N3O. The van der Waals surface area contributed by atoms with E-state index in [0.717, 1.165) is 43.8 Å². The lowest BCUT2D eigenvalue weighted by molar-refractivity contribution is 0.170. The zero-order valence-corrected chi connectivity index (χ0v) is 15.8. The fraction of sp³-hybridized carbons (Fsp3) is 0.500. The summed E-state index contributed by atoms with van der Waals surface area (Å²) < 4.78 is 5.28. The quantitative estimate of drug-likeness (QED) is 0.783. The number of aromatic nitrogens is 1. The Balaban J connectivity index is 1.64. The maximum absolute atomic E-state index is 5.85. The van der Waals surface area contributed by atoms with Crippen molar-refractivity contribution in [2.45, 2.75) is 38.8 Å². The van der Waals surface area contributed by atoms with Crippen molar-refractivity contribution in [1.29, 1.82) is 0 Å². The molecule has 0 saturated heterocycles. The average molecular weight is 354 g/mol. The minimum absolute atomic E-state index is 0.737. The smallest absolute Gasteiger partial charge is 0.118 e. The molecule has 1 saturated carbocycles. The normalized spacial score (nSPS) is 20.3. The van der Waals surface area contributed by atoms with Gasteiger partial charge in [0.1, 0.15) is 5.75 Å². The highest BCUT2D eigenvalue weighted by Gasteiger charge is 2.22. The average Bonchev–Trinajstić information content (AvgIpc) is 2.70. The summed E-state index contributed by atoms with van der Waals surface area (Å²) in [4.78, 5) is 6.72. The Bertz CT molecular complexity index is 636. The SMILES string of the molecule is COc1ccc(CN(Cc2ccncc2)CC2CCC(CN)CC2)cc1. The van der Waals surface area contributed by atoms with Gasteiger partial charge in [-0.2, -0.15) is 0 Å². The van der Waals surface area contributed by atoms with Crippen molar-refractivity contribution in [3.63, 3.8) is 0 Å². The van der Waals surface area contributed by atoms with Crippen molar-refractivity contribution >= 4 is 0 Å². The molecule has 140 valence electrons. The van der Waals surface area contributed by atoms with Gasteiger partial charge in [0, 0.05) is 32.0 Å². The van der Waals surface area contributed by atoms with Gasteiger partial charge in [-0.05, 0) is 79.5 Å². The highest BCUT2D eigenvalue weighted by molar-refractivity contribution is 5.27. The maximum Gasteiger partial charge on any atom is 0.118 e. The van der Waals surface area contributed by atoms with Gasteiger partial charge in [0.25, 0.3) is 0 Å². The van der Waals surface area contributed by atoms with Crippen molar-refractivity contribution < 1.29 is 4.74 Å². The van der Waals surface area contributed by atoms with Gasteiger partial charge in [-0.3, -0.25) is 9.88 Å². The van der Waals surface area contributed by atoms with Crippen LogP contribution < -0.4 is 10.5 Å². The van der Waals surface area contributed by atoms with Crippen LogP contribution in [0.1, 0.15) is 36.8 Å². The predicted molar refractivity (Wildman–Crippen MR) is 106 cm³/mol. The molecule has 1 fully saturated rings. The van der Waals surface area contributed by atoms with E-state index in [9.17, 15) is 0 Å². The number of hydrogen-bond acceptors (Lipinski definition) is 4. The molecule has 0 atom stereocenters. The summed E-state index contributed by atoms with van der Waals surface area (Å²) in [6.45, 7) is 3.92. The fourth-order valence-corrected chi connectivity index (χ4v) is 3.94. The van der Waals surface area contributed by atoms with Crippen LogP contribution in [-0.2, 0) is 13.1 Å². The molecule has 0 aliphatic heterocycles. The molecule has 1 aliphatic rings. The molecular weight excluding hydrogens is 322 g/mol. The summed E-state index contributed by atoms with van der Waals surface area (Å²) >= 11 is 0. The molecule has 1 heterocycles. The number of rotatable bonds is 8. The molecule has 2 N–H and O–H groups in total. The van der Waals surface area contributed by atoms with Gasteiger partial charge in [-0.1, -0.05) is 12.1 Å². The number of hydrogen-bond donors (Lipinski definition) is 1. The van der Waals surface area contributed by atoms with Crippen LogP contribution in [0.3, 0.4) is 0 Å². The third kappa shape index (κ3) is 5.55. The largest absolute Gasteiger partial charge is 0.497 e. The van der Waals surface area contributed by atoms with E-state index >= 15 is 0 Å². The Labute approximate surface area is 157 Å². The van der Waals surface area contributed by atoms with Crippen LogP contribution in [-0.4, -0.2) is 30.1 Å². The third-order valence-corrected chi connectivity index (χ3v) is 5.54. The van der Waals surface area contributed by atoms with Gasteiger partial charge in [-0.25, -0.2) is 0 Å². The Morgan fingerprint density at radius 2 is 1.50 bits per heavy atom. The lowest BCUT2D eigenvalue weighted by Crippen LogP contribution is -2.32. The highest BCUT2D eigenvalue weighted by atomic mass is 16.5. The first-order valence-corrected chi connectivity index (χ1v) is 9.71. The first-order chi connectivity index (χ1) is 12.8. The Hall–Kier alpha value is -1.91. The molecule has 0 amide bonds. The van der Waals surface area contributed by atoms with Crippen LogP contribution in [0, 0.1) is 11.8 Å². The first-order valence-electron chi connectivity index (χ1n) is 9.71. The van der Waals surface area contributed by atoms with Gasteiger partial charge >= 0.3 is 0 Å². The van der Waals surface area contributed by atoms with E-state index in [2.05, 4.69) is 34.1 Å². The van der Waals surface area contributed by atoms with Crippen molar-refractivity contribution in [3.8, 4) is 5.75 Å². The Kier molecular flexibility index (Phi) is 7.04. The van der Waals surface area contributed by atoms with Crippen LogP contribution in [0.15, 0.2) is 48.8 Å². The second-order valence-corrected chi connectivity index (χ2v) is 7.50. The molecule has 1 aromatic carbocycles. The molecule has 0 unspecified atom stereocenters. The summed E-state index contributed by atoms with van der Waals surface area (Å²) in [5.41, 5.74) is 8.50. The highest BCUT2D eigenvalue weighted by Crippen LogP contribution is 2.29. The topological polar surface area (TPSA) is 51.4 Å². The lowest BCUT2D eigenvalue weighted by Gasteiger charge is -2.32. The summed E-state index contributed by atoms with van der Waals surface area (Å²) in [5.74, 6) is 2.42. The summed E-state index contributed by atoms with van der Waals surface area (Å²) in [5, 5.41) is 0. The number of nitrogens with zero attached hydrogens (tertiary/aromatic N) is 2. The summed E-state index contributed by atoms with van der Waals surface area (Å²) in [6.07, 6.45) is 8.94. The van der Waals surface area contributed by atoms with Crippen molar-refractivity contribution in [3.05, 3.63) is 59.9 Å². The molecule has 1 aliphatic carbocycles. The van der Waals surface area contributed by atoms with E-state index in [0.29, 0.717) is 0 Å². The number of methoxy groups -OCH3 is 1. The maximum atomic E-state index is 5.85. The predicted octanol–water partition coefficient (Wildman–Crippen LogP) is 3.86. The van der Waals surface area contributed by atoms with Crippen molar-refractivity contribution in [2.75, 3.05) is 20.2 Å². The van der Waals surface area contributed by atoms with Crippen molar-refractivity contribution in [1.82, 2.24) is 9.88 Å². The van der Waals surface area contributed by atoms with Gasteiger partial charge in [0.2, 0.25) is 0 Å². The molecule has 0 radical (unpaired) electrons. The molecule has 4 nitrogen and oxygen atoms in total. The molecule has 2 aromatic rings. The number of benzene rings is 1. The molecule has 4 heteroatoms. The molecule has 0 bridgehead atoms. The van der Waals surface area contributed by atoms with Gasteiger partial charge < -0.3 is 10.5 Å². The molecule has 3 rings (SSSR count). The second-order valence-electron chi connectivity index (χ2n) is 7.50. The van der Waals surface area contributed by atoms with Gasteiger partial charge in [0.05, 0.1) is 7.11 Å². The van der Waals surface area contributed by atoms with E-state index in [1.54, 1.807) is 7.11 Å².